The Labute approximate surface area is 143 Å². The summed E-state index contributed by atoms with van der Waals surface area (Å²) in [4.78, 5) is 16.5. The molecule has 1 aromatic rings. The lowest BCUT2D eigenvalue weighted by Gasteiger charge is -2.35. The minimum Gasteiger partial charge on any atom is -0.273 e. The van der Waals surface area contributed by atoms with Gasteiger partial charge in [0.15, 0.2) is 5.82 Å². The summed E-state index contributed by atoms with van der Waals surface area (Å²) in [6, 6.07) is 12.1. The van der Waals surface area contributed by atoms with E-state index in [0.717, 1.165) is 6.54 Å². The number of terminal acetylenes is 1. The highest BCUT2D eigenvalue weighted by Crippen LogP contribution is 2.34. The third-order valence-corrected chi connectivity index (χ3v) is 4.32. The maximum Gasteiger partial charge on any atom is 0.244 e. The Bertz CT molecular complexity index is 802. The summed E-state index contributed by atoms with van der Waals surface area (Å²) in [5.41, 5.74) is 3.29. The van der Waals surface area contributed by atoms with Crippen molar-refractivity contribution in [1.82, 2.24) is 9.99 Å². The zero-order chi connectivity index (χ0) is 17.3. The molecule has 1 aliphatic heterocycles. The number of hydrogen-bond acceptors (Lipinski definition) is 3. The summed E-state index contributed by atoms with van der Waals surface area (Å²) in [5, 5.41) is 3.63. The van der Waals surface area contributed by atoms with E-state index in [2.05, 4.69) is 35.2 Å². The van der Waals surface area contributed by atoms with Crippen molar-refractivity contribution in [2.75, 3.05) is 11.6 Å². The second-order valence-electron chi connectivity index (χ2n) is 6.51. The van der Waals surface area contributed by atoms with E-state index < -0.39 is 0 Å². The molecule has 0 bridgehead atoms. The van der Waals surface area contributed by atoms with E-state index in [1.54, 1.807) is 23.3 Å². The minimum atomic E-state index is -0.199. The molecule has 2 aliphatic carbocycles. The van der Waals surface area contributed by atoms with Crippen molar-refractivity contribution in [3.8, 4) is 23.5 Å². The summed E-state index contributed by atoms with van der Waals surface area (Å²) in [6.07, 6.45) is 7.60. The molecule has 4 nitrogen and oxygen atoms in total. The molecule has 2 heterocycles. The Morgan fingerprint density at radius 2 is 1.96 bits per heavy atom. The van der Waals surface area contributed by atoms with Crippen molar-refractivity contribution in [3.05, 3.63) is 48.2 Å². The van der Waals surface area contributed by atoms with Crippen LogP contribution in [0.1, 0.15) is 32.8 Å². The number of carbonyl (C=O) groups is 1. The molecule has 3 aliphatic rings. The average Bonchev–Trinajstić information content (AvgIpc) is 3.08. The van der Waals surface area contributed by atoms with Gasteiger partial charge in [-0.15, -0.1) is 6.42 Å². The Balaban J connectivity index is 0.000000231. The van der Waals surface area contributed by atoms with Crippen molar-refractivity contribution in [2.24, 2.45) is 0 Å². The van der Waals surface area contributed by atoms with Crippen LogP contribution in [0.25, 0.3) is 11.1 Å². The summed E-state index contributed by atoms with van der Waals surface area (Å²) in [6.45, 7) is 6.85. The Kier molecular flexibility index (Phi) is 4.13. The number of amides is 1. The largest absolute Gasteiger partial charge is 0.273 e. The van der Waals surface area contributed by atoms with Crippen LogP contribution in [0.15, 0.2) is 42.6 Å². The molecule has 0 radical (unpaired) electrons. The zero-order valence-electron chi connectivity index (χ0n) is 14.3. The lowest BCUT2D eigenvalue weighted by Crippen LogP contribution is -2.47. The number of hydrogen-bond donors (Lipinski definition) is 0. The molecule has 0 N–H and O–H groups in total. The van der Waals surface area contributed by atoms with E-state index in [1.807, 2.05) is 25.8 Å². The number of benzene rings is 1. The van der Waals surface area contributed by atoms with Gasteiger partial charge in [-0.1, -0.05) is 31.0 Å². The first-order valence-corrected chi connectivity index (χ1v) is 8.10. The Morgan fingerprint density at radius 1 is 1.25 bits per heavy atom. The summed E-state index contributed by atoms with van der Waals surface area (Å²) in [5.74, 6) is 3.17. The topological polar surface area (TPSA) is 36.4 Å². The first kappa shape index (κ1) is 16.2. The number of rotatable bonds is 2. The summed E-state index contributed by atoms with van der Waals surface area (Å²) >= 11 is 0. The van der Waals surface area contributed by atoms with Crippen LogP contribution in [0.5, 0.6) is 0 Å². The number of nitrogens with zero attached hydrogens (tertiary/aromatic N) is 3. The van der Waals surface area contributed by atoms with Gasteiger partial charge in [-0.25, -0.2) is 15.0 Å². The third-order valence-electron chi connectivity index (χ3n) is 4.32. The lowest BCUT2D eigenvalue weighted by molar-refractivity contribution is -0.118. The number of aromatic nitrogens is 1. The Morgan fingerprint density at radius 3 is 2.46 bits per heavy atom. The average molecular weight is 319 g/mol. The monoisotopic (exact) mass is 319 g/mol. The predicted molar refractivity (Wildman–Crippen MR) is 96.2 cm³/mol. The Hall–Kier alpha value is -2.64. The number of hydrazine groups is 1. The zero-order valence-corrected chi connectivity index (χ0v) is 14.3. The molecular weight excluding hydrogens is 298 g/mol. The molecule has 0 unspecified atom stereocenters. The van der Waals surface area contributed by atoms with Gasteiger partial charge in [-0.3, -0.25) is 4.79 Å². The first-order valence-electron chi connectivity index (χ1n) is 8.10. The smallest absolute Gasteiger partial charge is 0.244 e. The molecule has 4 heteroatoms. The van der Waals surface area contributed by atoms with E-state index in [-0.39, 0.29) is 11.4 Å². The molecule has 0 spiro atoms. The van der Waals surface area contributed by atoms with E-state index in [9.17, 15) is 4.79 Å². The highest BCUT2D eigenvalue weighted by Gasteiger charge is 2.44. The third kappa shape index (κ3) is 2.91. The molecule has 122 valence electrons. The van der Waals surface area contributed by atoms with Crippen molar-refractivity contribution in [3.63, 3.8) is 0 Å². The van der Waals surface area contributed by atoms with Crippen molar-refractivity contribution < 1.29 is 4.79 Å². The molecule has 0 saturated carbocycles. The van der Waals surface area contributed by atoms with Crippen LogP contribution in [0.4, 0.5) is 5.82 Å². The predicted octanol–water partition coefficient (Wildman–Crippen LogP) is 3.48. The maximum atomic E-state index is 12.2. The van der Waals surface area contributed by atoms with E-state index in [0.29, 0.717) is 17.8 Å². The quantitative estimate of drug-likeness (QED) is 0.679. The van der Waals surface area contributed by atoms with Crippen molar-refractivity contribution >= 4 is 11.7 Å². The standard InChI is InChI=1S/C14H17N3O.C6H4/c1-5-11-8-7-9-15-13(11)17-12(18)10-14(3,4)16(17)6-2;1-2-5-4-6(5)3-1/h1,7-9H,6,10H2,2-4H3;1-4H. The molecule has 1 aromatic heterocycles. The number of pyridine rings is 1. The van der Waals surface area contributed by atoms with Crippen LogP contribution in [-0.4, -0.2) is 28.0 Å². The van der Waals surface area contributed by atoms with Crippen LogP contribution >= 0.6 is 0 Å². The molecule has 4 rings (SSSR count). The second kappa shape index (κ2) is 6.10. The van der Waals surface area contributed by atoms with Gasteiger partial charge in [0, 0.05) is 24.7 Å². The first-order chi connectivity index (χ1) is 11.5. The van der Waals surface area contributed by atoms with Gasteiger partial charge < -0.3 is 0 Å². The van der Waals surface area contributed by atoms with E-state index in [4.69, 9.17) is 6.42 Å². The van der Waals surface area contributed by atoms with Gasteiger partial charge in [0.2, 0.25) is 5.91 Å². The van der Waals surface area contributed by atoms with Crippen LogP contribution in [0.2, 0.25) is 0 Å². The molecule has 1 amide bonds. The number of carbonyl (C=O) groups excluding carboxylic acids is 1. The maximum absolute atomic E-state index is 12.2. The second-order valence-corrected chi connectivity index (χ2v) is 6.51. The fourth-order valence-corrected chi connectivity index (χ4v) is 3.10. The van der Waals surface area contributed by atoms with Gasteiger partial charge in [-0.2, -0.15) is 0 Å². The van der Waals surface area contributed by atoms with Gasteiger partial charge in [0.05, 0.1) is 5.56 Å². The van der Waals surface area contributed by atoms with Crippen LogP contribution < -0.4 is 5.01 Å². The summed E-state index contributed by atoms with van der Waals surface area (Å²) < 4.78 is 0. The van der Waals surface area contributed by atoms with Crippen molar-refractivity contribution in [2.45, 2.75) is 32.7 Å². The van der Waals surface area contributed by atoms with Gasteiger partial charge in [0.25, 0.3) is 0 Å². The fourth-order valence-electron chi connectivity index (χ4n) is 3.10. The fraction of sp³-hybridized carbons (Fsp3) is 0.300. The highest BCUT2D eigenvalue weighted by atomic mass is 16.2. The molecular formula is C20H21N3O. The van der Waals surface area contributed by atoms with Crippen LogP contribution in [0.3, 0.4) is 0 Å². The molecule has 24 heavy (non-hydrogen) atoms. The van der Waals surface area contributed by atoms with E-state index in [1.165, 1.54) is 11.1 Å². The highest BCUT2D eigenvalue weighted by molar-refractivity contribution is 5.95. The normalized spacial score (nSPS) is 17.1. The van der Waals surface area contributed by atoms with Gasteiger partial charge >= 0.3 is 0 Å². The molecule has 1 saturated heterocycles. The molecule has 1 fully saturated rings. The van der Waals surface area contributed by atoms with Crippen molar-refractivity contribution in [1.29, 1.82) is 0 Å². The van der Waals surface area contributed by atoms with Gasteiger partial charge in [-0.05, 0) is 43.2 Å². The minimum absolute atomic E-state index is 0.0389. The van der Waals surface area contributed by atoms with E-state index >= 15 is 0 Å². The van der Waals surface area contributed by atoms with Crippen LogP contribution in [0, 0.1) is 12.3 Å². The molecule has 0 atom stereocenters. The number of anilines is 1. The SMILES string of the molecule is C#Cc1cccnc1N1C(=O)CC(C)(C)N1CC.c1cc2cc-2c1. The number of fused-ring (bicyclic) bond motifs is 1. The summed E-state index contributed by atoms with van der Waals surface area (Å²) in [7, 11) is 0. The van der Waals surface area contributed by atoms with Crippen LogP contribution in [-0.2, 0) is 4.79 Å². The molecule has 0 aromatic carbocycles. The van der Waals surface area contributed by atoms with Gasteiger partial charge in [0.1, 0.15) is 0 Å². The lowest BCUT2D eigenvalue weighted by atomic mass is 10.0.